The molecule has 0 bridgehead atoms. The number of anilines is 1. The minimum absolute atomic E-state index is 0.0710. The van der Waals surface area contributed by atoms with E-state index < -0.39 is 16.1 Å². The lowest BCUT2D eigenvalue weighted by Crippen LogP contribution is -2.32. The third kappa shape index (κ3) is 5.48. The number of nitro benzene ring substituents is 1. The van der Waals surface area contributed by atoms with Crippen molar-refractivity contribution in [3.8, 4) is 6.07 Å². The number of carbonyl (C=O) groups is 2. The summed E-state index contributed by atoms with van der Waals surface area (Å²) in [4.78, 5) is 38.9. The number of nitriles is 1. The zero-order valence-electron chi connectivity index (χ0n) is 18.8. The van der Waals surface area contributed by atoms with E-state index in [0.717, 1.165) is 21.8 Å². The van der Waals surface area contributed by atoms with Gasteiger partial charge in [-0.3, -0.25) is 24.6 Å². The number of nitro groups is 1. The molecule has 0 radical (unpaired) electrons. The van der Waals surface area contributed by atoms with Crippen LogP contribution in [0, 0.1) is 21.4 Å². The van der Waals surface area contributed by atoms with Gasteiger partial charge in [-0.15, -0.1) is 0 Å². The number of thioether (sulfide) groups is 1. The average Bonchev–Trinajstić information content (AvgIpc) is 3.19. The van der Waals surface area contributed by atoms with Crippen LogP contribution in [0.25, 0.3) is 0 Å². The molecule has 10 heteroatoms. The second kappa shape index (κ2) is 11.2. The molecule has 1 aliphatic heterocycles. The third-order valence-electron chi connectivity index (χ3n) is 5.48. The number of nitrogens with zero attached hydrogens (tertiary/aromatic N) is 3. The van der Waals surface area contributed by atoms with Crippen LogP contribution in [0.3, 0.4) is 0 Å². The van der Waals surface area contributed by atoms with Gasteiger partial charge in [0.05, 0.1) is 10.2 Å². The summed E-state index contributed by atoms with van der Waals surface area (Å²) in [6, 6.07) is 24.4. The zero-order valence-corrected chi connectivity index (χ0v) is 21.2. The van der Waals surface area contributed by atoms with Gasteiger partial charge in [-0.05, 0) is 29.8 Å². The molecular formula is C26H19BrN4O4S. The first-order chi connectivity index (χ1) is 17.4. The number of benzene rings is 3. The van der Waals surface area contributed by atoms with Crippen LogP contribution >= 0.6 is 27.7 Å². The minimum Gasteiger partial charge on any atom is -0.347 e. The molecule has 3 aromatic rings. The molecule has 3 aromatic carbocycles. The summed E-state index contributed by atoms with van der Waals surface area (Å²) in [6.45, 7) is 0.217. The Kier molecular flexibility index (Phi) is 7.83. The molecule has 8 nitrogen and oxygen atoms in total. The number of hydrogen-bond donors (Lipinski definition) is 1. The quantitative estimate of drug-likeness (QED) is 0.185. The first kappa shape index (κ1) is 25.2. The molecule has 0 spiro atoms. The lowest BCUT2D eigenvalue weighted by molar-refractivity contribution is -0.385. The molecule has 1 atom stereocenters. The summed E-state index contributed by atoms with van der Waals surface area (Å²) in [6.07, 6.45) is 0.0710. The maximum Gasteiger partial charge on any atom is 0.272 e. The lowest BCUT2D eigenvalue weighted by Gasteiger charge is -2.19. The summed E-state index contributed by atoms with van der Waals surface area (Å²) >= 11 is 4.43. The van der Waals surface area contributed by atoms with Crippen molar-refractivity contribution in [3.63, 3.8) is 0 Å². The molecule has 1 fully saturated rings. The molecule has 0 aromatic heterocycles. The molecule has 0 aliphatic carbocycles. The maximum atomic E-state index is 13.6. The van der Waals surface area contributed by atoms with E-state index in [1.165, 1.54) is 11.0 Å². The van der Waals surface area contributed by atoms with Crippen molar-refractivity contribution in [2.45, 2.75) is 18.2 Å². The number of hydrogen-bond acceptors (Lipinski definition) is 6. The van der Waals surface area contributed by atoms with E-state index in [1.807, 2.05) is 36.4 Å². The van der Waals surface area contributed by atoms with Gasteiger partial charge in [-0.2, -0.15) is 5.26 Å². The number of carbonyl (C=O) groups excluding carboxylic acids is 2. The van der Waals surface area contributed by atoms with E-state index >= 15 is 0 Å². The molecule has 1 unspecified atom stereocenters. The Bertz CT molecular complexity index is 1390. The molecule has 1 N–H and O–H groups in total. The summed E-state index contributed by atoms with van der Waals surface area (Å²) < 4.78 is 0.800. The van der Waals surface area contributed by atoms with Crippen LogP contribution in [-0.4, -0.2) is 22.0 Å². The van der Waals surface area contributed by atoms with Crippen molar-refractivity contribution in [2.75, 3.05) is 4.90 Å². The van der Waals surface area contributed by atoms with Crippen LogP contribution in [0.2, 0.25) is 0 Å². The monoisotopic (exact) mass is 562 g/mol. The SMILES string of the molecule is N#C/C(C(=O)NCc1ccccc1)=C1/SC(Cc2ccccc2[N+](=O)[O-])C(=O)N1c1ccc(Br)cc1. The van der Waals surface area contributed by atoms with Crippen molar-refractivity contribution in [3.05, 3.63) is 115 Å². The van der Waals surface area contributed by atoms with E-state index in [1.54, 1.807) is 42.5 Å². The summed E-state index contributed by atoms with van der Waals surface area (Å²) in [5.74, 6) is -0.968. The number of rotatable bonds is 7. The summed E-state index contributed by atoms with van der Waals surface area (Å²) in [5.41, 5.74) is 1.47. The Balaban J connectivity index is 1.70. The van der Waals surface area contributed by atoms with Crippen LogP contribution in [0.4, 0.5) is 11.4 Å². The molecule has 4 rings (SSSR count). The summed E-state index contributed by atoms with van der Waals surface area (Å²) in [5, 5.41) is 23.6. The molecule has 1 saturated heterocycles. The molecule has 180 valence electrons. The second-order valence-corrected chi connectivity index (χ2v) is 9.91. The second-order valence-electron chi connectivity index (χ2n) is 7.81. The van der Waals surface area contributed by atoms with Crippen molar-refractivity contribution in [2.24, 2.45) is 0 Å². The molecule has 2 amide bonds. The Hall–Kier alpha value is -3.94. The standard InChI is InChI=1S/C26H19BrN4O4S/c27-19-10-12-20(13-11-19)30-25(33)23(14-18-8-4-5-9-22(18)31(34)35)36-26(30)21(15-28)24(32)29-16-17-6-2-1-3-7-17/h1-13,23H,14,16H2,(H,29,32)/b26-21-. The molecular weight excluding hydrogens is 544 g/mol. The highest BCUT2D eigenvalue weighted by Crippen LogP contribution is 2.42. The number of para-hydroxylation sites is 1. The predicted octanol–water partition coefficient (Wildman–Crippen LogP) is 5.10. The highest BCUT2D eigenvalue weighted by atomic mass is 79.9. The highest BCUT2D eigenvalue weighted by molar-refractivity contribution is 9.10. The first-order valence-corrected chi connectivity index (χ1v) is 12.5. The Labute approximate surface area is 219 Å². The van der Waals surface area contributed by atoms with Gasteiger partial charge in [0.15, 0.2) is 0 Å². The van der Waals surface area contributed by atoms with Gasteiger partial charge in [0.1, 0.15) is 16.7 Å². The van der Waals surface area contributed by atoms with Gasteiger partial charge < -0.3 is 5.32 Å². The fourth-order valence-electron chi connectivity index (χ4n) is 3.74. The van der Waals surface area contributed by atoms with Crippen LogP contribution in [-0.2, 0) is 22.6 Å². The van der Waals surface area contributed by atoms with Crippen molar-refractivity contribution >= 4 is 50.9 Å². The Morgan fingerprint density at radius 1 is 1.08 bits per heavy atom. The predicted molar refractivity (Wildman–Crippen MR) is 141 cm³/mol. The Morgan fingerprint density at radius 2 is 1.75 bits per heavy atom. The lowest BCUT2D eigenvalue weighted by atomic mass is 10.1. The van der Waals surface area contributed by atoms with E-state index in [-0.39, 0.29) is 35.2 Å². The molecule has 1 aliphatic rings. The van der Waals surface area contributed by atoms with E-state index in [0.29, 0.717) is 11.3 Å². The first-order valence-electron chi connectivity index (χ1n) is 10.8. The van der Waals surface area contributed by atoms with Crippen molar-refractivity contribution in [1.29, 1.82) is 5.26 Å². The van der Waals surface area contributed by atoms with E-state index in [4.69, 9.17) is 0 Å². The van der Waals surface area contributed by atoms with Gasteiger partial charge in [-0.25, -0.2) is 0 Å². The Morgan fingerprint density at radius 3 is 2.42 bits per heavy atom. The van der Waals surface area contributed by atoms with Crippen molar-refractivity contribution < 1.29 is 14.5 Å². The molecule has 0 saturated carbocycles. The van der Waals surface area contributed by atoms with Gasteiger partial charge in [0, 0.05) is 34.8 Å². The van der Waals surface area contributed by atoms with Gasteiger partial charge in [-0.1, -0.05) is 76.2 Å². The third-order valence-corrected chi connectivity index (χ3v) is 7.27. The van der Waals surface area contributed by atoms with Crippen LogP contribution < -0.4 is 10.2 Å². The van der Waals surface area contributed by atoms with Crippen LogP contribution in [0.1, 0.15) is 11.1 Å². The molecule has 36 heavy (non-hydrogen) atoms. The largest absolute Gasteiger partial charge is 0.347 e. The molecule has 1 heterocycles. The summed E-state index contributed by atoms with van der Waals surface area (Å²) in [7, 11) is 0. The normalized spacial score (nSPS) is 16.4. The van der Waals surface area contributed by atoms with Gasteiger partial charge in [0.25, 0.3) is 11.6 Å². The van der Waals surface area contributed by atoms with Crippen molar-refractivity contribution in [1.82, 2.24) is 5.32 Å². The average molecular weight is 563 g/mol. The smallest absolute Gasteiger partial charge is 0.272 e. The van der Waals surface area contributed by atoms with E-state index in [2.05, 4.69) is 21.2 Å². The number of nitrogens with one attached hydrogen (secondary N) is 1. The van der Waals surface area contributed by atoms with Gasteiger partial charge >= 0.3 is 0 Å². The van der Waals surface area contributed by atoms with E-state index in [9.17, 15) is 25.0 Å². The fourth-order valence-corrected chi connectivity index (χ4v) is 5.30. The van der Waals surface area contributed by atoms with Crippen LogP contribution in [0.5, 0.6) is 0 Å². The number of amides is 2. The van der Waals surface area contributed by atoms with Gasteiger partial charge in [0.2, 0.25) is 5.91 Å². The maximum absolute atomic E-state index is 13.6. The highest BCUT2D eigenvalue weighted by Gasteiger charge is 2.41. The minimum atomic E-state index is -0.755. The topological polar surface area (TPSA) is 116 Å². The fraction of sp³-hybridized carbons (Fsp3) is 0.115. The zero-order chi connectivity index (χ0) is 25.7. The number of halogens is 1. The van der Waals surface area contributed by atoms with Crippen LogP contribution in [0.15, 0.2) is 93.9 Å².